The molecule has 28 heavy (non-hydrogen) atoms. The van der Waals surface area contributed by atoms with E-state index in [-0.39, 0.29) is 5.82 Å². The zero-order valence-corrected chi connectivity index (χ0v) is 15.2. The smallest absolute Gasteiger partial charge is 0.402 e. The summed E-state index contributed by atoms with van der Waals surface area (Å²) in [7, 11) is 1.86. The SMILES string of the molecule is Cn1nc(-c2cnc(N)c(OC(F)(F)F)c2)cc1C1[C@H]2CN(C3COC3)C[C@@H]12. The molecule has 0 bridgehead atoms. The van der Waals surface area contributed by atoms with Crippen LogP contribution < -0.4 is 10.5 Å². The summed E-state index contributed by atoms with van der Waals surface area (Å²) >= 11 is 0. The summed E-state index contributed by atoms with van der Waals surface area (Å²) in [6, 6.07) is 3.72. The van der Waals surface area contributed by atoms with Gasteiger partial charge >= 0.3 is 6.36 Å². The normalized spacial score (nSPS) is 27.5. The van der Waals surface area contributed by atoms with Crippen LogP contribution in [0.15, 0.2) is 18.3 Å². The molecule has 3 aliphatic rings. The first kappa shape index (κ1) is 17.7. The second-order valence-electron chi connectivity index (χ2n) is 7.73. The number of nitrogens with two attached hydrogens (primary N) is 1. The standard InChI is InChI=1S/C18H20F3N5O2/c1-25-14(16-11-5-26(6-12(11)16)10-7-27-8-10)3-13(24-25)9-2-15(17(22)23-4-9)28-18(19,20)21/h2-4,10-12,16H,5-8H2,1H3,(H2,22,23)/t11-,12+,16?. The van der Waals surface area contributed by atoms with E-state index in [1.54, 1.807) is 0 Å². The Balaban J connectivity index is 1.34. The van der Waals surface area contributed by atoms with Crippen LogP contribution in [0.4, 0.5) is 19.0 Å². The fraction of sp³-hybridized carbons (Fsp3) is 0.556. The van der Waals surface area contributed by atoms with E-state index in [4.69, 9.17) is 10.5 Å². The van der Waals surface area contributed by atoms with Crippen LogP contribution in [0.25, 0.3) is 11.3 Å². The second-order valence-corrected chi connectivity index (χ2v) is 7.73. The Morgan fingerprint density at radius 1 is 1.21 bits per heavy atom. The maximum Gasteiger partial charge on any atom is 0.573 e. The summed E-state index contributed by atoms with van der Waals surface area (Å²) in [5.74, 6) is 0.832. The Hall–Kier alpha value is -2.33. The van der Waals surface area contributed by atoms with Gasteiger partial charge in [0.05, 0.1) is 24.9 Å². The van der Waals surface area contributed by atoms with E-state index in [1.807, 2.05) is 17.8 Å². The quantitative estimate of drug-likeness (QED) is 0.853. The third-order valence-corrected chi connectivity index (χ3v) is 6.02. The molecule has 2 saturated heterocycles. The Labute approximate surface area is 159 Å². The van der Waals surface area contributed by atoms with Crippen molar-refractivity contribution in [2.45, 2.75) is 18.3 Å². The van der Waals surface area contributed by atoms with Crippen LogP contribution >= 0.6 is 0 Å². The molecule has 3 atom stereocenters. The van der Waals surface area contributed by atoms with Gasteiger partial charge in [0, 0.05) is 43.5 Å². The molecular formula is C18H20F3N5O2. The molecular weight excluding hydrogens is 375 g/mol. The average molecular weight is 395 g/mol. The summed E-state index contributed by atoms with van der Waals surface area (Å²) in [6.45, 7) is 3.78. The third kappa shape index (κ3) is 3.00. The van der Waals surface area contributed by atoms with Gasteiger partial charge in [-0.25, -0.2) is 4.98 Å². The number of hydrogen-bond acceptors (Lipinski definition) is 6. The van der Waals surface area contributed by atoms with Gasteiger partial charge in [0.1, 0.15) is 0 Å². The van der Waals surface area contributed by atoms with Crippen LogP contribution in [0.5, 0.6) is 5.75 Å². The first-order chi connectivity index (χ1) is 13.3. The van der Waals surface area contributed by atoms with E-state index in [2.05, 4.69) is 19.7 Å². The van der Waals surface area contributed by atoms with Crippen molar-refractivity contribution in [3.63, 3.8) is 0 Å². The Kier molecular flexibility index (Phi) is 3.86. The average Bonchev–Trinajstić information content (AvgIpc) is 2.89. The number of piperidine rings is 1. The number of rotatable bonds is 4. The van der Waals surface area contributed by atoms with Gasteiger partial charge < -0.3 is 15.2 Å². The van der Waals surface area contributed by atoms with Gasteiger partial charge in [0.25, 0.3) is 0 Å². The van der Waals surface area contributed by atoms with E-state index in [9.17, 15) is 13.2 Å². The number of nitrogen functional groups attached to an aromatic ring is 1. The number of anilines is 1. The molecule has 1 unspecified atom stereocenters. The molecule has 0 radical (unpaired) electrons. The van der Waals surface area contributed by atoms with Crippen molar-refractivity contribution < 1.29 is 22.6 Å². The number of pyridine rings is 1. The van der Waals surface area contributed by atoms with E-state index >= 15 is 0 Å². The van der Waals surface area contributed by atoms with E-state index in [0.717, 1.165) is 32.0 Å². The lowest BCUT2D eigenvalue weighted by Crippen LogP contribution is -2.48. The van der Waals surface area contributed by atoms with Gasteiger partial charge in [-0.15, -0.1) is 13.2 Å². The van der Waals surface area contributed by atoms with Crippen LogP contribution in [0, 0.1) is 11.8 Å². The van der Waals surface area contributed by atoms with Gasteiger partial charge in [-0.1, -0.05) is 0 Å². The topological polar surface area (TPSA) is 78.4 Å². The van der Waals surface area contributed by atoms with Crippen molar-refractivity contribution in [1.29, 1.82) is 0 Å². The number of hydrogen-bond donors (Lipinski definition) is 1. The molecule has 2 aliphatic heterocycles. The summed E-state index contributed by atoms with van der Waals surface area (Å²) in [5.41, 5.74) is 7.61. The van der Waals surface area contributed by atoms with Gasteiger partial charge in [-0.3, -0.25) is 9.58 Å². The minimum atomic E-state index is -4.83. The van der Waals surface area contributed by atoms with E-state index in [1.165, 1.54) is 12.3 Å². The zero-order chi connectivity index (χ0) is 19.6. The van der Waals surface area contributed by atoms with Crippen molar-refractivity contribution >= 4 is 5.82 Å². The van der Waals surface area contributed by atoms with Crippen molar-refractivity contribution in [3.05, 3.63) is 24.0 Å². The van der Waals surface area contributed by atoms with E-state index < -0.39 is 12.1 Å². The molecule has 3 fully saturated rings. The van der Waals surface area contributed by atoms with Gasteiger partial charge in [0.2, 0.25) is 0 Å². The summed E-state index contributed by atoms with van der Waals surface area (Å²) in [4.78, 5) is 6.32. The maximum absolute atomic E-state index is 12.6. The monoisotopic (exact) mass is 395 g/mol. The molecule has 10 heteroatoms. The highest BCUT2D eigenvalue weighted by Crippen LogP contribution is 2.58. The van der Waals surface area contributed by atoms with Crippen LogP contribution in [-0.2, 0) is 11.8 Å². The summed E-state index contributed by atoms with van der Waals surface area (Å²) < 4.78 is 48.7. The second kappa shape index (κ2) is 6.08. The first-order valence-corrected chi connectivity index (χ1v) is 9.17. The lowest BCUT2D eigenvalue weighted by atomic mass is 10.1. The lowest BCUT2D eigenvalue weighted by molar-refractivity contribution is -0.274. The van der Waals surface area contributed by atoms with Crippen molar-refractivity contribution in [1.82, 2.24) is 19.7 Å². The number of aromatic nitrogens is 3. The minimum absolute atomic E-state index is 0.311. The molecule has 4 heterocycles. The third-order valence-electron chi connectivity index (χ3n) is 6.02. The van der Waals surface area contributed by atoms with Crippen LogP contribution in [-0.4, -0.2) is 58.4 Å². The predicted molar refractivity (Wildman–Crippen MR) is 93.4 cm³/mol. The summed E-state index contributed by atoms with van der Waals surface area (Å²) in [6.07, 6.45) is -3.41. The number of fused-ring (bicyclic) bond motifs is 1. The van der Waals surface area contributed by atoms with E-state index in [0.29, 0.717) is 35.1 Å². The van der Waals surface area contributed by atoms with Crippen LogP contribution in [0.1, 0.15) is 11.6 Å². The number of alkyl halides is 3. The number of aryl methyl sites for hydroxylation is 1. The molecule has 2 aromatic rings. The molecule has 2 N–H and O–H groups in total. The number of likely N-dealkylation sites (tertiary alicyclic amines) is 1. The van der Waals surface area contributed by atoms with Crippen molar-refractivity contribution in [2.75, 3.05) is 32.0 Å². The Bertz CT molecular complexity index is 899. The highest BCUT2D eigenvalue weighted by atomic mass is 19.4. The molecule has 7 nitrogen and oxygen atoms in total. The molecule has 0 amide bonds. The fourth-order valence-corrected chi connectivity index (χ4v) is 4.47. The minimum Gasteiger partial charge on any atom is -0.402 e. The Morgan fingerprint density at radius 3 is 2.54 bits per heavy atom. The summed E-state index contributed by atoms with van der Waals surface area (Å²) in [5, 5.41) is 4.48. The molecule has 0 spiro atoms. The van der Waals surface area contributed by atoms with Crippen LogP contribution in [0.2, 0.25) is 0 Å². The van der Waals surface area contributed by atoms with Crippen molar-refractivity contribution in [3.8, 4) is 17.0 Å². The highest BCUT2D eigenvalue weighted by molar-refractivity contribution is 5.64. The lowest BCUT2D eigenvalue weighted by Gasteiger charge is -2.35. The molecule has 150 valence electrons. The number of ether oxygens (including phenoxy) is 2. The van der Waals surface area contributed by atoms with Gasteiger partial charge in [-0.05, 0) is 24.0 Å². The maximum atomic E-state index is 12.6. The number of halogens is 3. The first-order valence-electron chi connectivity index (χ1n) is 9.17. The molecule has 0 aromatic carbocycles. The Morgan fingerprint density at radius 2 is 1.93 bits per heavy atom. The molecule has 2 aromatic heterocycles. The fourth-order valence-electron chi connectivity index (χ4n) is 4.47. The molecule has 1 aliphatic carbocycles. The predicted octanol–water partition coefficient (Wildman–Crippen LogP) is 2.01. The van der Waals surface area contributed by atoms with Crippen LogP contribution in [0.3, 0.4) is 0 Å². The molecule has 5 rings (SSSR count). The molecule has 1 saturated carbocycles. The van der Waals surface area contributed by atoms with Gasteiger partial charge in [0.15, 0.2) is 11.6 Å². The number of nitrogens with zero attached hydrogens (tertiary/aromatic N) is 4. The largest absolute Gasteiger partial charge is 0.573 e. The van der Waals surface area contributed by atoms with Gasteiger partial charge in [-0.2, -0.15) is 5.10 Å². The van der Waals surface area contributed by atoms with Crippen molar-refractivity contribution in [2.24, 2.45) is 18.9 Å². The zero-order valence-electron chi connectivity index (χ0n) is 15.2. The highest BCUT2D eigenvalue weighted by Gasteiger charge is 2.58.